The van der Waals surface area contributed by atoms with E-state index in [2.05, 4.69) is 0 Å². The van der Waals surface area contributed by atoms with Gasteiger partial charge in [0.2, 0.25) is 0 Å². The molecule has 0 heterocycles. The Hall–Kier alpha value is -2.72. The summed E-state index contributed by atoms with van der Waals surface area (Å²) < 4.78 is 5.12. The predicted octanol–water partition coefficient (Wildman–Crippen LogP) is 5.52. The number of rotatable bonds is 4. The Labute approximate surface area is 150 Å². The summed E-state index contributed by atoms with van der Waals surface area (Å²) in [5.41, 5.74) is 1.99. The molecule has 2 aromatic carbocycles. The van der Waals surface area contributed by atoms with E-state index >= 15 is 0 Å². The molecular weight excluding hydrogens is 343 g/mol. The van der Waals surface area contributed by atoms with E-state index in [0.717, 1.165) is 11.1 Å². The van der Waals surface area contributed by atoms with Crippen LogP contribution in [-0.4, -0.2) is 7.11 Å². The number of ether oxygens (including phenoxy) is 1. The van der Waals surface area contributed by atoms with Crippen LogP contribution in [0.15, 0.2) is 54.1 Å². The lowest BCUT2D eigenvalue weighted by Crippen LogP contribution is -1.88. The molecule has 5 heteroatoms. The molecule has 0 saturated heterocycles. The maximum absolute atomic E-state index is 9.21. The smallest absolute Gasteiger partial charge is 0.137 e. The van der Waals surface area contributed by atoms with Crippen LogP contribution in [-0.2, 0) is 0 Å². The van der Waals surface area contributed by atoms with Crippen LogP contribution in [0.25, 0.3) is 11.6 Å². The summed E-state index contributed by atoms with van der Waals surface area (Å²) in [6.45, 7) is 0. The van der Waals surface area contributed by atoms with Gasteiger partial charge in [0.25, 0.3) is 0 Å². The first kappa shape index (κ1) is 17.6. The van der Waals surface area contributed by atoms with Gasteiger partial charge in [-0.3, -0.25) is 0 Å². The summed E-state index contributed by atoms with van der Waals surface area (Å²) in [7, 11) is 1.57. The van der Waals surface area contributed by atoms with Gasteiger partial charge in [-0.15, -0.1) is 0 Å². The number of halogens is 2. The molecule has 0 atom stereocenters. The van der Waals surface area contributed by atoms with E-state index in [-0.39, 0.29) is 5.57 Å². The molecule has 2 aromatic rings. The van der Waals surface area contributed by atoms with E-state index in [4.69, 9.17) is 27.9 Å². The summed E-state index contributed by atoms with van der Waals surface area (Å²) in [6.07, 6.45) is 3.44. The van der Waals surface area contributed by atoms with Crippen LogP contribution in [0.5, 0.6) is 5.75 Å². The molecule has 2 rings (SSSR count). The number of hydrogen-bond donors (Lipinski definition) is 0. The summed E-state index contributed by atoms with van der Waals surface area (Å²) in [6, 6.07) is 16.1. The van der Waals surface area contributed by atoms with Crippen LogP contribution >= 0.6 is 23.2 Å². The number of methoxy groups -OCH3 is 1. The van der Waals surface area contributed by atoms with Gasteiger partial charge in [0.1, 0.15) is 23.5 Å². The highest BCUT2D eigenvalue weighted by atomic mass is 35.5. The quantitative estimate of drug-likeness (QED) is 0.536. The maximum atomic E-state index is 9.21. The highest BCUT2D eigenvalue weighted by Crippen LogP contribution is 2.26. The molecule has 0 spiro atoms. The molecule has 3 nitrogen and oxygen atoms in total. The number of nitriles is 2. The van der Waals surface area contributed by atoms with E-state index in [1.54, 1.807) is 61.7 Å². The Morgan fingerprint density at radius 3 is 2.25 bits per heavy atom. The topological polar surface area (TPSA) is 56.8 Å². The number of nitrogens with zero attached hydrogens (tertiary/aromatic N) is 2. The van der Waals surface area contributed by atoms with Crippen molar-refractivity contribution >= 4 is 34.9 Å². The normalized spacial score (nSPS) is 10.0. The third-order valence-corrected chi connectivity index (χ3v) is 3.85. The van der Waals surface area contributed by atoms with Crippen LogP contribution < -0.4 is 4.74 Å². The second-order valence-corrected chi connectivity index (χ2v) is 5.58. The Morgan fingerprint density at radius 1 is 1.04 bits per heavy atom. The van der Waals surface area contributed by atoms with Crippen LogP contribution in [0, 0.1) is 22.7 Å². The summed E-state index contributed by atoms with van der Waals surface area (Å²) in [5.74, 6) is 0.693. The molecule has 0 amide bonds. The first-order valence-electron chi connectivity index (χ1n) is 6.91. The largest absolute Gasteiger partial charge is 0.497 e. The van der Waals surface area contributed by atoms with Gasteiger partial charge in [0.05, 0.1) is 7.11 Å². The van der Waals surface area contributed by atoms with Crippen LogP contribution in [0.4, 0.5) is 0 Å². The number of benzene rings is 2. The predicted molar refractivity (Wildman–Crippen MR) is 96.6 cm³/mol. The van der Waals surface area contributed by atoms with Gasteiger partial charge >= 0.3 is 0 Å². The first-order chi connectivity index (χ1) is 11.6. The molecule has 0 aromatic heterocycles. The fourth-order valence-corrected chi connectivity index (χ4v) is 2.52. The van der Waals surface area contributed by atoms with Crippen LogP contribution in [0.3, 0.4) is 0 Å². The van der Waals surface area contributed by atoms with Crippen molar-refractivity contribution < 1.29 is 4.74 Å². The molecule has 0 saturated carbocycles. The molecule has 0 aliphatic carbocycles. The summed E-state index contributed by atoms with van der Waals surface area (Å²) in [4.78, 5) is 0. The molecule has 0 unspecified atom stereocenters. The van der Waals surface area contributed by atoms with Crippen molar-refractivity contribution in [1.29, 1.82) is 10.5 Å². The minimum absolute atomic E-state index is 0.0153. The van der Waals surface area contributed by atoms with Crippen molar-refractivity contribution in [1.82, 2.24) is 0 Å². The lowest BCUT2D eigenvalue weighted by atomic mass is 9.99. The Morgan fingerprint density at radius 2 is 1.71 bits per heavy atom. The van der Waals surface area contributed by atoms with Crippen LogP contribution in [0.1, 0.15) is 11.1 Å². The number of allylic oxidation sites excluding steroid dienone is 3. The highest BCUT2D eigenvalue weighted by molar-refractivity contribution is 6.35. The van der Waals surface area contributed by atoms with E-state index in [1.165, 1.54) is 0 Å². The second kappa shape index (κ2) is 8.22. The minimum Gasteiger partial charge on any atom is -0.497 e. The third kappa shape index (κ3) is 4.18. The van der Waals surface area contributed by atoms with Gasteiger partial charge in [-0.25, -0.2) is 0 Å². The van der Waals surface area contributed by atoms with Crippen molar-refractivity contribution in [2.75, 3.05) is 7.11 Å². The SMILES string of the molecule is COc1ccc(C(/C=C/c2ccc(Cl)cc2Cl)=C(C#N)C#N)cc1. The molecule has 0 aliphatic heterocycles. The molecule has 0 N–H and O–H groups in total. The lowest BCUT2D eigenvalue weighted by Gasteiger charge is -2.05. The fourth-order valence-electron chi connectivity index (χ4n) is 2.05. The molecule has 24 heavy (non-hydrogen) atoms. The average molecular weight is 355 g/mol. The van der Waals surface area contributed by atoms with Crippen molar-refractivity contribution in [2.24, 2.45) is 0 Å². The van der Waals surface area contributed by atoms with Crippen LogP contribution in [0.2, 0.25) is 10.0 Å². The zero-order valence-electron chi connectivity index (χ0n) is 12.8. The molecular formula is C19H12Cl2N2O. The average Bonchev–Trinajstić information content (AvgIpc) is 2.60. The van der Waals surface area contributed by atoms with Gasteiger partial charge in [-0.2, -0.15) is 10.5 Å². The monoisotopic (exact) mass is 354 g/mol. The number of hydrogen-bond acceptors (Lipinski definition) is 3. The summed E-state index contributed by atoms with van der Waals surface area (Å²) in [5, 5.41) is 19.5. The Bertz CT molecular complexity index is 869. The second-order valence-electron chi connectivity index (χ2n) is 4.74. The van der Waals surface area contributed by atoms with Gasteiger partial charge in [-0.1, -0.05) is 53.6 Å². The fraction of sp³-hybridized carbons (Fsp3) is 0.0526. The Balaban J connectivity index is 2.48. The maximum Gasteiger partial charge on any atom is 0.137 e. The van der Waals surface area contributed by atoms with Crippen molar-refractivity contribution in [2.45, 2.75) is 0 Å². The lowest BCUT2D eigenvalue weighted by molar-refractivity contribution is 0.415. The van der Waals surface area contributed by atoms with E-state index in [0.29, 0.717) is 21.4 Å². The zero-order chi connectivity index (χ0) is 17.5. The van der Waals surface area contributed by atoms with Crippen molar-refractivity contribution in [3.05, 3.63) is 75.3 Å². The standard InChI is InChI=1S/C19H12Cl2N2O/c1-24-17-7-3-13(4-8-17)18(15(11-22)12-23)9-5-14-2-6-16(20)10-19(14)21/h2-10H,1H3/b9-5+. The molecule has 0 fully saturated rings. The van der Waals surface area contributed by atoms with Crippen molar-refractivity contribution in [3.63, 3.8) is 0 Å². The van der Waals surface area contributed by atoms with Crippen molar-refractivity contribution in [3.8, 4) is 17.9 Å². The zero-order valence-corrected chi connectivity index (χ0v) is 14.3. The molecule has 0 aliphatic rings. The van der Waals surface area contributed by atoms with E-state index in [1.807, 2.05) is 12.1 Å². The minimum atomic E-state index is 0.0153. The summed E-state index contributed by atoms with van der Waals surface area (Å²) >= 11 is 12.0. The van der Waals surface area contributed by atoms with E-state index in [9.17, 15) is 10.5 Å². The van der Waals surface area contributed by atoms with E-state index < -0.39 is 0 Å². The van der Waals surface area contributed by atoms with Gasteiger partial charge < -0.3 is 4.74 Å². The Kier molecular flexibility index (Phi) is 6.04. The first-order valence-corrected chi connectivity index (χ1v) is 7.66. The van der Waals surface area contributed by atoms with Gasteiger partial charge in [0, 0.05) is 15.6 Å². The van der Waals surface area contributed by atoms with Gasteiger partial charge in [-0.05, 0) is 35.4 Å². The highest BCUT2D eigenvalue weighted by Gasteiger charge is 2.07. The third-order valence-electron chi connectivity index (χ3n) is 3.29. The molecule has 0 bridgehead atoms. The molecule has 118 valence electrons. The molecule has 0 radical (unpaired) electrons. The van der Waals surface area contributed by atoms with Gasteiger partial charge in [0.15, 0.2) is 0 Å².